The van der Waals surface area contributed by atoms with E-state index in [9.17, 15) is 18.4 Å². The molecule has 2 saturated heterocycles. The highest BCUT2D eigenvalue weighted by Gasteiger charge is 2.32. The number of likely N-dealkylation sites (tertiary alicyclic amines) is 1. The number of rotatable bonds is 3. The maximum atomic E-state index is 14.0. The summed E-state index contributed by atoms with van der Waals surface area (Å²) in [6.07, 6.45) is 1.12. The lowest BCUT2D eigenvalue weighted by molar-refractivity contribution is -0.137. The largest absolute Gasteiger partial charge is 0.368 e. The van der Waals surface area contributed by atoms with Gasteiger partial charge in [-0.25, -0.2) is 8.78 Å². The van der Waals surface area contributed by atoms with Gasteiger partial charge in [-0.15, -0.1) is 0 Å². The molecule has 2 aromatic carbocycles. The molecule has 0 N–H and O–H groups in total. The van der Waals surface area contributed by atoms with Gasteiger partial charge in [-0.05, 0) is 56.0 Å². The molecular formula is C25H29F2N3O2. The third kappa shape index (κ3) is 4.47. The van der Waals surface area contributed by atoms with Crippen LogP contribution < -0.4 is 4.90 Å². The van der Waals surface area contributed by atoms with Gasteiger partial charge in [-0.1, -0.05) is 12.1 Å². The SMILES string of the molecule is Cc1cccc(N2CCN(C(=O)C3CCN(C(=O)c4ccc(F)cc4F)CC3)CC2)c1C. The highest BCUT2D eigenvalue weighted by Crippen LogP contribution is 2.26. The Morgan fingerprint density at radius 3 is 2.22 bits per heavy atom. The summed E-state index contributed by atoms with van der Waals surface area (Å²) >= 11 is 0. The molecule has 2 aliphatic rings. The van der Waals surface area contributed by atoms with Gasteiger partial charge in [0.25, 0.3) is 5.91 Å². The molecule has 5 nitrogen and oxygen atoms in total. The number of amides is 2. The van der Waals surface area contributed by atoms with Crippen LogP contribution in [0.3, 0.4) is 0 Å². The number of aryl methyl sites for hydroxylation is 1. The van der Waals surface area contributed by atoms with E-state index in [0.29, 0.717) is 39.0 Å². The van der Waals surface area contributed by atoms with Crippen LogP contribution in [0, 0.1) is 31.4 Å². The summed E-state index contributed by atoms with van der Waals surface area (Å²) < 4.78 is 27.1. The molecule has 2 aromatic rings. The molecule has 0 unspecified atom stereocenters. The van der Waals surface area contributed by atoms with Crippen LogP contribution in [0.4, 0.5) is 14.5 Å². The number of hydrogen-bond acceptors (Lipinski definition) is 3. The van der Waals surface area contributed by atoms with Gasteiger partial charge in [0.15, 0.2) is 0 Å². The van der Waals surface area contributed by atoms with Gasteiger partial charge in [0, 0.05) is 56.9 Å². The fraction of sp³-hybridized carbons (Fsp3) is 0.440. The van der Waals surface area contributed by atoms with Crippen molar-refractivity contribution in [1.82, 2.24) is 9.80 Å². The van der Waals surface area contributed by atoms with Gasteiger partial charge in [0.1, 0.15) is 11.6 Å². The van der Waals surface area contributed by atoms with Crippen molar-refractivity contribution in [2.45, 2.75) is 26.7 Å². The number of piperazine rings is 1. The van der Waals surface area contributed by atoms with E-state index < -0.39 is 17.5 Å². The van der Waals surface area contributed by atoms with Gasteiger partial charge in [-0.2, -0.15) is 0 Å². The summed E-state index contributed by atoms with van der Waals surface area (Å²) in [7, 11) is 0. The van der Waals surface area contributed by atoms with Crippen molar-refractivity contribution < 1.29 is 18.4 Å². The second kappa shape index (κ2) is 9.27. The maximum Gasteiger partial charge on any atom is 0.256 e. The number of carbonyl (C=O) groups is 2. The van der Waals surface area contributed by atoms with E-state index in [4.69, 9.17) is 0 Å². The smallest absolute Gasteiger partial charge is 0.256 e. The van der Waals surface area contributed by atoms with Crippen LogP contribution in [-0.2, 0) is 4.79 Å². The molecule has 0 aliphatic carbocycles. The Bertz CT molecular complexity index is 1010. The molecule has 0 atom stereocenters. The topological polar surface area (TPSA) is 43.9 Å². The Labute approximate surface area is 187 Å². The summed E-state index contributed by atoms with van der Waals surface area (Å²) in [5.41, 5.74) is 3.65. The maximum absolute atomic E-state index is 14.0. The summed E-state index contributed by atoms with van der Waals surface area (Å²) in [6.45, 7) is 8.02. The Hall–Kier alpha value is -2.96. The van der Waals surface area contributed by atoms with E-state index >= 15 is 0 Å². The minimum absolute atomic E-state index is 0.121. The van der Waals surface area contributed by atoms with E-state index in [1.165, 1.54) is 22.9 Å². The number of carbonyl (C=O) groups excluding carboxylic acids is 2. The number of hydrogen-bond donors (Lipinski definition) is 0. The third-order valence-corrected chi connectivity index (χ3v) is 6.80. The summed E-state index contributed by atoms with van der Waals surface area (Å²) in [6, 6.07) is 9.31. The zero-order valence-corrected chi connectivity index (χ0v) is 18.6. The fourth-order valence-electron chi connectivity index (χ4n) is 4.67. The quantitative estimate of drug-likeness (QED) is 0.728. The summed E-state index contributed by atoms with van der Waals surface area (Å²) in [5.74, 6) is -1.98. The van der Waals surface area contributed by atoms with Gasteiger partial charge >= 0.3 is 0 Å². The van der Waals surface area contributed by atoms with Crippen molar-refractivity contribution in [2.24, 2.45) is 5.92 Å². The van der Waals surface area contributed by atoms with E-state index in [2.05, 4.69) is 36.9 Å². The highest BCUT2D eigenvalue weighted by atomic mass is 19.1. The van der Waals surface area contributed by atoms with Crippen molar-refractivity contribution in [3.05, 3.63) is 64.7 Å². The van der Waals surface area contributed by atoms with Crippen LogP contribution in [0.15, 0.2) is 36.4 Å². The van der Waals surface area contributed by atoms with Crippen LogP contribution >= 0.6 is 0 Å². The first-order chi connectivity index (χ1) is 15.3. The van der Waals surface area contributed by atoms with E-state index in [1.54, 1.807) is 4.90 Å². The molecule has 0 saturated carbocycles. The van der Waals surface area contributed by atoms with Crippen molar-refractivity contribution in [3.8, 4) is 0 Å². The molecule has 0 spiro atoms. The molecule has 0 aromatic heterocycles. The molecule has 7 heteroatoms. The molecular weight excluding hydrogens is 412 g/mol. The van der Waals surface area contributed by atoms with E-state index in [1.807, 2.05) is 4.90 Å². The second-order valence-electron chi connectivity index (χ2n) is 8.72. The van der Waals surface area contributed by atoms with Crippen molar-refractivity contribution in [3.63, 3.8) is 0 Å². The molecule has 0 bridgehead atoms. The number of nitrogens with zero attached hydrogens (tertiary/aromatic N) is 3. The Morgan fingerprint density at radius 1 is 0.875 bits per heavy atom. The van der Waals surface area contributed by atoms with E-state index in [0.717, 1.165) is 25.2 Å². The minimum atomic E-state index is -0.852. The molecule has 0 radical (unpaired) electrons. The molecule has 170 valence electrons. The predicted molar refractivity (Wildman–Crippen MR) is 120 cm³/mol. The standard InChI is InChI=1S/C25H29F2N3O2/c1-17-4-3-5-23(18(17)2)28-12-14-30(15-13-28)24(31)19-8-10-29(11-9-19)25(32)21-7-6-20(26)16-22(21)27/h3-7,16,19H,8-15H2,1-2H3. The lowest BCUT2D eigenvalue weighted by Crippen LogP contribution is -2.52. The van der Waals surface area contributed by atoms with Crippen LogP contribution in [0.1, 0.15) is 34.3 Å². The van der Waals surface area contributed by atoms with Crippen LogP contribution in [0.2, 0.25) is 0 Å². The first kappa shape index (κ1) is 22.2. The van der Waals surface area contributed by atoms with Crippen molar-refractivity contribution in [1.29, 1.82) is 0 Å². The minimum Gasteiger partial charge on any atom is -0.368 e. The lowest BCUT2D eigenvalue weighted by atomic mass is 9.94. The van der Waals surface area contributed by atoms with Gasteiger partial charge < -0.3 is 14.7 Å². The average molecular weight is 442 g/mol. The van der Waals surface area contributed by atoms with Gasteiger partial charge in [0.2, 0.25) is 5.91 Å². The summed E-state index contributed by atoms with van der Waals surface area (Å²) in [5, 5.41) is 0. The van der Waals surface area contributed by atoms with Crippen LogP contribution in [0.5, 0.6) is 0 Å². The highest BCUT2D eigenvalue weighted by molar-refractivity contribution is 5.94. The Kier molecular flexibility index (Phi) is 6.44. The summed E-state index contributed by atoms with van der Waals surface area (Å²) in [4.78, 5) is 31.5. The number of halogens is 2. The average Bonchev–Trinajstić information content (AvgIpc) is 2.80. The van der Waals surface area contributed by atoms with E-state index in [-0.39, 0.29) is 17.4 Å². The molecule has 2 fully saturated rings. The zero-order valence-electron chi connectivity index (χ0n) is 18.6. The molecule has 32 heavy (non-hydrogen) atoms. The van der Waals surface area contributed by atoms with Crippen molar-refractivity contribution in [2.75, 3.05) is 44.2 Å². The van der Waals surface area contributed by atoms with Crippen LogP contribution in [0.25, 0.3) is 0 Å². The predicted octanol–water partition coefficient (Wildman–Crippen LogP) is 3.78. The van der Waals surface area contributed by atoms with Crippen LogP contribution in [-0.4, -0.2) is 60.9 Å². The zero-order chi connectivity index (χ0) is 22.8. The number of piperidine rings is 1. The second-order valence-corrected chi connectivity index (χ2v) is 8.72. The molecule has 4 rings (SSSR count). The van der Waals surface area contributed by atoms with Crippen molar-refractivity contribution >= 4 is 17.5 Å². The monoisotopic (exact) mass is 441 g/mol. The van der Waals surface area contributed by atoms with Gasteiger partial charge in [0.05, 0.1) is 5.56 Å². The number of benzene rings is 2. The first-order valence-corrected chi connectivity index (χ1v) is 11.2. The molecule has 2 heterocycles. The normalized spacial score (nSPS) is 17.6. The lowest BCUT2D eigenvalue weighted by Gasteiger charge is -2.40. The first-order valence-electron chi connectivity index (χ1n) is 11.2. The Balaban J connectivity index is 1.30. The Morgan fingerprint density at radius 2 is 1.56 bits per heavy atom. The fourth-order valence-corrected chi connectivity index (χ4v) is 4.67. The third-order valence-electron chi connectivity index (χ3n) is 6.80. The van der Waals surface area contributed by atoms with Gasteiger partial charge in [-0.3, -0.25) is 9.59 Å². The molecule has 2 amide bonds. The number of anilines is 1. The molecule has 2 aliphatic heterocycles.